The molecule has 2 nitrogen and oxygen atoms in total. The third kappa shape index (κ3) is 3.64. The van der Waals surface area contributed by atoms with Crippen LogP contribution in [0.25, 0.3) is 0 Å². The Labute approximate surface area is 145 Å². The highest BCUT2D eigenvalue weighted by Crippen LogP contribution is 2.38. The van der Waals surface area contributed by atoms with Crippen LogP contribution in [0.1, 0.15) is 59.1 Å². The quantitative estimate of drug-likeness (QED) is 0.652. The van der Waals surface area contributed by atoms with Crippen molar-refractivity contribution in [2.45, 2.75) is 53.4 Å². The zero-order chi connectivity index (χ0) is 17.9. The Morgan fingerprint density at radius 2 is 1.54 bits per heavy atom. The van der Waals surface area contributed by atoms with Crippen LogP contribution in [0.2, 0.25) is 0 Å². The normalized spacial score (nSPS) is 12.0. The molecule has 0 fully saturated rings. The second kappa shape index (κ2) is 7.57. The van der Waals surface area contributed by atoms with Gasteiger partial charge in [0, 0.05) is 5.92 Å². The number of aromatic hydroxyl groups is 1. The summed E-state index contributed by atoms with van der Waals surface area (Å²) in [7, 11) is 0. The van der Waals surface area contributed by atoms with E-state index in [-0.39, 0.29) is 0 Å². The van der Waals surface area contributed by atoms with Gasteiger partial charge in [0.1, 0.15) is 11.5 Å². The van der Waals surface area contributed by atoms with Crippen LogP contribution in [0.3, 0.4) is 0 Å². The van der Waals surface area contributed by atoms with Gasteiger partial charge in [-0.25, -0.2) is 0 Å². The summed E-state index contributed by atoms with van der Waals surface area (Å²) in [5, 5.41) is 9.98. The van der Waals surface area contributed by atoms with Gasteiger partial charge in [-0.05, 0) is 79.6 Å². The molecular weight excluding hydrogens is 296 g/mol. The van der Waals surface area contributed by atoms with Crippen LogP contribution in [0.4, 0.5) is 0 Å². The van der Waals surface area contributed by atoms with E-state index in [0.717, 1.165) is 35.3 Å². The van der Waals surface area contributed by atoms with Crippen LogP contribution in [0.15, 0.2) is 37.1 Å². The van der Waals surface area contributed by atoms with E-state index in [1.807, 2.05) is 13.0 Å². The van der Waals surface area contributed by atoms with Crippen molar-refractivity contribution in [1.82, 2.24) is 0 Å². The van der Waals surface area contributed by atoms with Gasteiger partial charge in [-0.1, -0.05) is 32.1 Å². The van der Waals surface area contributed by atoms with Gasteiger partial charge in [0.05, 0.1) is 6.26 Å². The lowest BCUT2D eigenvalue weighted by Crippen LogP contribution is -2.07. The maximum Gasteiger partial charge on any atom is 0.129 e. The Balaban J connectivity index is 2.58. The minimum atomic E-state index is 0.325. The molecule has 0 aromatic heterocycles. The van der Waals surface area contributed by atoms with Gasteiger partial charge in [-0.15, -0.1) is 0 Å². The first-order valence-electron chi connectivity index (χ1n) is 8.57. The minimum absolute atomic E-state index is 0.325. The standard InChI is InChI=1S/C22H28O2/c1-7-9-18(19-10-16(5)21(23)12-14(19)3)20-11-17(6)22(24-8-2)13-15(20)4/h8,10-13,18,23H,2,7,9H2,1,3-6H3. The molecule has 0 heterocycles. The number of phenolic OH excluding ortho intramolecular Hbond substituents is 1. The smallest absolute Gasteiger partial charge is 0.129 e. The van der Waals surface area contributed by atoms with Gasteiger partial charge in [-0.3, -0.25) is 0 Å². The van der Waals surface area contributed by atoms with Crippen molar-refractivity contribution < 1.29 is 9.84 Å². The van der Waals surface area contributed by atoms with Crippen molar-refractivity contribution in [2.75, 3.05) is 0 Å². The monoisotopic (exact) mass is 324 g/mol. The van der Waals surface area contributed by atoms with Gasteiger partial charge in [0.2, 0.25) is 0 Å². The number of ether oxygens (including phenoxy) is 1. The lowest BCUT2D eigenvalue weighted by atomic mass is 9.82. The van der Waals surface area contributed by atoms with E-state index in [0.29, 0.717) is 11.7 Å². The molecule has 0 radical (unpaired) electrons. The minimum Gasteiger partial charge on any atom is -0.508 e. The molecule has 24 heavy (non-hydrogen) atoms. The highest BCUT2D eigenvalue weighted by atomic mass is 16.5. The summed E-state index contributed by atoms with van der Waals surface area (Å²) in [5.74, 6) is 1.56. The number of phenols is 1. The SMILES string of the molecule is C=COc1cc(C)c(C(CCC)c2cc(C)c(O)cc2C)cc1C. The fourth-order valence-corrected chi connectivity index (χ4v) is 3.37. The first-order chi connectivity index (χ1) is 11.4. The number of aryl methyl sites for hydroxylation is 4. The van der Waals surface area contributed by atoms with E-state index < -0.39 is 0 Å². The van der Waals surface area contributed by atoms with E-state index in [1.54, 1.807) is 0 Å². The van der Waals surface area contributed by atoms with Crippen molar-refractivity contribution >= 4 is 0 Å². The molecule has 2 aromatic rings. The molecule has 0 aliphatic heterocycles. The van der Waals surface area contributed by atoms with Crippen molar-refractivity contribution in [3.8, 4) is 11.5 Å². The fraction of sp³-hybridized carbons (Fsp3) is 0.364. The molecule has 2 aromatic carbocycles. The van der Waals surface area contributed by atoms with Crippen LogP contribution in [-0.4, -0.2) is 5.11 Å². The number of rotatable bonds is 6. The molecule has 0 saturated carbocycles. The van der Waals surface area contributed by atoms with E-state index >= 15 is 0 Å². The third-order valence-corrected chi connectivity index (χ3v) is 4.69. The van der Waals surface area contributed by atoms with Gasteiger partial charge < -0.3 is 9.84 Å². The van der Waals surface area contributed by atoms with Crippen LogP contribution in [0.5, 0.6) is 11.5 Å². The second-order valence-electron chi connectivity index (χ2n) is 6.60. The van der Waals surface area contributed by atoms with E-state index in [4.69, 9.17) is 4.74 Å². The average Bonchev–Trinajstić information content (AvgIpc) is 2.53. The maximum atomic E-state index is 9.98. The molecule has 1 unspecified atom stereocenters. The fourth-order valence-electron chi connectivity index (χ4n) is 3.37. The highest BCUT2D eigenvalue weighted by molar-refractivity contribution is 5.50. The van der Waals surface area contributed by atoms with Gasteiger partial charge in [0.15, 0.2) is 0 Å². The molecule has 1 N–H and O–H groups in total. The second-order valence-corrected chi connectivity index (χ2v) is 6.60. The van der Waals surface area contributed by atoms with Crippen LogP contribution in [0, 0.1) is 27.7 Å². The van der Waals surface area contributed by atoms with Crippen molar-refractivity contribution in [1.29, 1.82) is 0 Å². The molecule has 0 saturated heterocycles. The largest absolute Gasteiger partial charge is 0.508 e. The zero-order valence-corrected chi connectivity index (χ0v) is 15.4. The predicted molar refractivity (Wildman–Crippen MR) is 101 cm³/mol. The molecule has 0 aliphatic rings. The topological polar surface area (TPSA) is 29.5 Å². The number of hydrogen-bond acceptors (Lipinski definition) is 2. The Morgan fingerprint density at radius 3 is 2.12 bits per heavy atom. The molecule has 2 rings (SSSR count). The summed E-state index contributed by atoms with van der Waals surface area (Å²) in [6, 6.07) is 8.34. The Hall–Kier alpha value is -2.22. The van der Waals surface area contributed by atoms with Gasteiger partial charge >= 0.3 is 0 Å². The van der Waals surface area contributed by atoms with Crippen LogP contribution in [-0.2, 0) is 0 Å². The summed E-state index contributed by atoms with van der Waals surface area (Å²) in [6.07, 6.45) is 3.65. The summed E-state index contributed by atoms with van der Waals surface area (Å²) in [6.45, 7) is 14.1. The molecule has 128 valence electrons. The maximum absolute atomic E-state index is 9.98. The number of hydrogen-bond donors (Lipinski definition) is 1. The molecule has 0 aliphatic carbocycles. The van der Waals surface area contributed by atoms with Crippen LogP contribution < -0.4 is 4.74 Å². The van der Waals surface area contributed by atoms with Crippen molar-refractivity contribution in [3.63, 3.8) is 0 Å². The zero-order valence-electron chi connectivity index (χ0n) is 15.4. The predicted octanol–water partition coefficient (Wildman–Crippen LogP) is 6.08. The lowest BCUT2D eigenvalue weighted by Gasteiger charge is -2.23. The summed E-state index contributed by atoms with van der Waals surface area (Å²) in [5.41, 5.74) is 7.04. The number of benzene rings is 2. The highest BCUT2D eigenvalue weighted by Gasteiger charge is 2.20. The average molecular weight is 324 g/mol. The first kappa shape index (κ1) is 18.1. The molecule has 2 heteroatoms. The van der Waals surface area contributed by atoms with Gasteiger partial charge in [-0.2, -0.15) is 0 Å². The molecular formula is C22H28O2. The summed E-state index contributed by atoms with van der Waals surface area (Å²) >= 11 is 0. The van der Waals surface area contributed by atoms with Gasteiger partial charge in [0.25, 0.3) is 0 Å². The third-order valence-electron chi connectivity index (χ3n) is 4.69. The lowest BCUT2D eigenvalue weighted by molar-refractivity contribution is 0.470. The first-order valence-corrected chi connectivity index (χ1v) is 8.57. The van der Waals surface area contributed by atoms with Crippen molar-refractivity contribution in [3.05, 3.63) is 70.5 Å². The molecule has 0 bridgehead atoms. The summed E-state index contributed by atoms with van der Waals surface area (Å²) < 4.78 is 5.51. The Morgan fingerprint density at radius 1 is 0.958 bits per heavy atom. The Kier molecular flexibility index (Phi) is 5.71. The summed E-state index contributed by atoms with van der Waals surface area (Å²) in [4.78, 5) is 0. The molecule has 0 spiro atoms. The molecule has 0 amide bonds. The van der Waals surface area contributed by atoms with E-state index in [1.165, 1.54) is 23.0 Å². The van der Waals surface area contributed by atoms with E-state index in [2.05, 4.69) is 52.5 Å². The van der Waals surface area contributed by atoms with Crippen molar-refractivity contribution in [2.24, 2.45) is 0 Å². The Bertz CT molecular complexity index is 744. The van der Waals surface area contributed by atoms with Crippen LogP contribution >= 0.6 is 0 Å². The molecule has 1 atom stereocenters. The van der Waals surface area contributed by atoms with E-state index in [9.17, 15) is 5.11 Å².